The lowest BCUT2D eigenvalue weighted by atomic mass is 10.1. The van der Waals surface area contributed by atoms with E-state index in [-0.39, 0.29) is 17.5 Å². The first-order valence-corrected chi connectivity index (χ1v) is 6.02. The van der Waals surface area contributed by atoms with Gasteiger partial charge in [-0.3, -0.25) is 5.41 Å². The highest BCUT2D eigenvalue weighted by molar-refractivity contribution is 5.98. The molecule has 104 valence electrons. The van der Waals surface area contributed by atoms with Gasteiger partial charge in [-0.1, -0.05) is 0 Å². The van der Waals surface area contributed by atoms with Gasteiger partial charge < -0.3 is 10.5 Å². The molecule has 0 saturated heterocycles. The summed E-state index contributed by atoms with van der Waals surface area (Å²) in [5, 5.41) is 15.5. The van der Waals surface area contributed by atoms with Crippen LogP contribution in [0.1, 0.15) is 22.4 Å². The van der Waals surface area contributed by atoms with Gasteiger partial charge in [0.15, 0.2) is 0 Å². The predicted octanol–water partition coefficient (Wildman–Crippen LogP) is 2.62. The summed E-state index contributed by atoms with van der Waals surface area (Å²) in [6.45, 7) is 5.30. The molecular formula is C14H15FN4O. The van der Waals surface area contributed by atoms with Gasteiger partial charge in [0.2, 0.25) is 5.88 Å². The van der Waals surface area contributed by atoms with E-state index in [1.165, 1.54) is 18.2 Å². The molecule has 1 aromatic heterocycles. The van der Waals surface area contributed by atoms with Crippen molar-refractivity contribution in [2.75, 3.05) is 0 Å². The lowest BCUT2D eigenvalue weighted by molar-refractivity contribution is 0.447. The molecule has 1 heterocycles. The summed E-state index contributed by atoms with van der Waals surface area (Å²) in [6, 6.07) is 4.16. The van der Waals surface area contributed by atoms with Crippen LogP contribution < -0.4 is 10.5 Å². The molecule has 1 aromatic carbocycles. The third-order valence-electron chi connectivity index (χ3n) is 3.04. The second-order valence-corrected chi connectivity index (χ2v) is 4.52. The molecule has 20 heavy (non-hydrogen) atoms. The number of halogens is 1. The van der Waals surface area contributed by atoms with Crippen LogP contribution in [-0.4, -0.2) is 16.0 Å². The Morgan fingerprint density at radius 3 is 2.55 bits per heavy atom. The first-order valence-electron chi connectivity index (χ1n) is 6.02. The molecule has 0 fully saturated rings. The largest absolute Gasteiger partial charge is 0.437 e. The number of hydrogen-bond acceptors (Lipinski definition) is 4. The molecule has 0 spiro atoms. The molecule has 5 nitrogen and oxygen atoms in total. The Balaban J connectivity index is 2.48. The van der Waals surface area contributed by atoms with Gasteiger partial charge in [0.05, 0.1) is 11.3 Å². The zero-order valence-corrected chi connectivity index (χ0v) is 11.5. The Bertz CT molecular complexity index is 685. The van der Waals surface area contributed by atoms with Crippen molar-refractivity contribution in [3.8, 4) is 11.6 Å². The van der Waals surface area contributed by atoms with Gasteiger partial charge in [-0.05, 0) is 50.1 Å². The third kappa shape index (κ3) is 2.59. The fourth-order valence-electron chi connectivity index (χ4n) is 1.81. The highest BCUT2D eigenvalue weighted by atomic mass is 19.1. The van der Waals surface area contributed by atoms with Gasteiger partial charge in [0, 0.05) is 0 Å². The number of aromatic nitrogens is 2. The molecule has 0 aliphatic carbocycles. The van der Waals surface area contributed by atoms with Gasteiger partial charge in [0.25, 0.3) is 0 Å². The first-order chi connectivity index (χ1) is 9.40. The van der Waals surface area contributed by atoms with Crippen LogP contribution in [0, 0.1) is 32.0 Å². The first kappa shape index (κ1) is 13.9. The van der Waals surface area contributed by atoms with Crippen molar-refractivity contribution in [3.63, 3.8) is 0 Å². The summed E-state index contributed by atoms with van der Waals surface area (Å²) < 4.78 is 18.7. The Labute approximate surface area is 116 Å². The molecule has 0 saturated carbocycles. The summed E-state index contributed by atoms with van der Waals surface area (Å²) >= 11 is 0. The maximum atomic E-state index is 13.1. The number of nitrogen functional groups attached to an aromatic ring is 1. The van der Waals surface area contributed by atoms with Crippen LogP contribution in [-0.2, 0) is 0 Å². The van der Waals surface area contributed by atoms with Gasteiger partial charge in [-0.25, -0.2) is 4.39 Å². The zero-order chi connectivity index (χ0) is 14.9. The van der Waals surface area contributed by atoms with Crippen molar-refractivity contribution >= 4 is 5.84 Å². The van der Waals surface area contributed by atoms with Crippen LogP contribution in [0.4, 0.5) is 4.39 Å². The topological polar surface area (TPSA) is 84.9 Å². The van der Waals surface area contributed by atoms with Crippen molar-refractivity contribution in [2.24, 2.45) is 5.73 Å². The smallest absolute Gasteiger partial charge is 0.250 e. The van der Waals surface area contributed by atoms with Crippen LogP contribution in [0.5, 0.6) is 11.6 Å². The van der Waals surface area contributed by atoms with Gasteiger partial charge in [0.1, 0.15) is 17.4 Å². The van der Waals surface area contributed by atoms with E-state index < -0.39 is 0 Å². The number of amidine groups is 1. The SMILES string of the molecule is Cc1cc(F)ccc1Oc1nnc(C)c(C)c1C(=N)N. The monoisotopic (exact) mass is 274 g/mol. The van der Waals surface area contributed by atoms with Crippen molar-refractivity contribution in [1.29, 1.82) is 5.41 Å². The molecular weight excluding hydrogens is 259 g/mol. The van der Waals surface area contributed by atoms with E-state index in [0.29, 0.717) is 22.6 Å². The number of aryl methyl sites for hydroxylation is 2. The van der Waals surface area contributed by atoms with Gasteiger partial charge >= 0.3 is 0 Å². The van der Waals surface area contributed by atoms with Gasteiger partial charge in [-0.2, -0.15) is 5.10 Å². The molecule has 3 N–H and O–H groups in total. The molecule has 0 unspecified atom stereocenters. The highest BCUT2D eigenvalue weighted by Gasteiger charge is 2.16. The molecule has 6 heteroatoms. The average molecular weight is 274 g/mol. The fourth-order valence-corrected chi connectivity index (χ4v) is 1.81. The third-order valence-corrected chi connectivity index (χ3v) is 3.04. The Morgan fingerprint density at radius 2 is 1.95 bits per heavy atom. The number of nitrogens with one attached hydrogen (secondary N) is 1. The standard InChI is InChI=1S/C14H15FN4O/c1-7-6-10(15)4-5-11(7)20-14-12(13(16)17)8(2)9(3)18-19-14/h4-6H,1-3H3,(H3,16,17). The molecule has 0 atom stereocenters. The van der Waals surface area contributed by atoms with Crippen LogP contribution >= 0.6 is 0 Å². The van der Waals surface area contributed by atoms with Crippen LogP contribution in [0.3, 0.4) is 0 Å². The number of ether oxygens (including phenoxy) is 1. The molecule has 0 radical (unpaired) electrons. The summed E-state index contributed by atoms with van der Waals surface area (Å²) in [5.41, 5.74) is 8.02. The molecule has 2 rings (SSSR count). The van der Waals surface area contributed by atoms with Crippen molar-refractivity contribution < 1.29 is 9.13 Å². The molecule has 0 aliphatic heterocycles. The van der Waals surface area contributed by atoms with E-state index >= 15 is 0 Å². The fraction of sp³-hybridized carbons (Fsp3) is 0.214. The van der Waals surface area contributed by atoms with Crippen LogP contribution in [0.2, 0.25) is 0 Å². The number of benzene rings is 1. The second kappa shape index (κ2) is 5.24. The zero-order valence-electron chi connectivity index (χ0n) is 11.5. The van der Waals surface area contributed by atoms with E-state index in [0.717, 1.165) is 5.56 Å². The lowest BCUT2D eigenvalue weighted by Gasteiger charge is -2.13. The summed E-state index contributed by atoms with van der Waals surface area (Å²) in [7, 11) is 0. The minimum atomic E-state index is -0.340. The van der Waals surface area contributed by atoms with Gasteiger partial charge in [-0.15, -0.1) is 5.10 Å². The quantitative estimate of drug-likeness (QED) is 0.665. The second-order valence-electron chi connectivity index (χ2n) is 4.52. The number of nitrogens with zero attached hydrogens (tertiary/aromatic N) is 2. The van der Waals surface area contributed by atoms with Crippen molar-refractivity contribution in [2.45, 2.75) is 20.8 Å². The maximum absolute atomic E-state index is 13.1. The Morgan fingerprint density at radius 1 is 1.25 bits per heavy atom. The minimum absolute atomic E-state index is 0.143. The maximum Gasteiger partial charge on any atom is 0.250 e. The minimum Gasteiger partial charge on any atom is -0.437 e. The highest BCUT2D eigenvalue weighted by Crippen LogP contribution is 2.28. The Hall–Kier alpha value is -2.50. The van der Waals surface area contributed by atoms with Crippen LogP contribution in [0.25, 0.3) is 0 Å². The number of hydrogen-bond donors (Lipinski definition) is 2. The predicted molar refractivity (Wildman–Crippen MR) is 73.7 cm³/mol. The normalized spacial score (nSPS) is 10.4. The molecule has 0 amide bonds. The van der Waals surface area contributed by atoms with E-state index in [2.05, 4.69) is 10.2 Å². The van der Waals surface area contributed by atoms with Crippen molar-refractivity contribution in [3.05, 3.63) is 46.4 Å². The van der Waals surface area contributed by atoms with Crippen molar-refractivity contribution in [1.82, 2.24) is 10.2 Å². The summed E-state index contributed by atoms with van der Waals surface area (Å²) in [6.07, 6.45) is 0. The van der Waals surface area contributed by atoms with E-state index in [4.69, 9.17) is 15.9 Å². The molecule has 0 bridgehead atoms. The average Bonchev–Trinajstić information content (AvgIpc) is 2.36. The summed E-state index contributed by atoms with van der Waals surface area (Å²) in [4.78, 5) is 0. The van der Waals surface area contributed by atoms with E-state index in [9.17, 15) is 4.39 Å². The Kier molecular flexibility index (Phi) is 3.65. The van der Waals surface area contributed by atoms with E-state index in [1.54, 1.807) is 20.8 Å². The van der Waals surface area contributed by atoms with E-state index in [1.807, 2.05) is 0 Å². The number of nitrogens with two attached hydrogens (primary N) is 1. The lowest BCUT2D eigenvalue weighted by Crippen LogP contribution is -2.16. The number of rotatable bonds is 3. The molecule has 2 aromatic rings. The van der Waals surface area contributed by atoms with Crippen LogP contribution in [0.15, 0.2) is 18.2 Å². The summed E-state index contributed by atoms with van der Waals surface area (Å²) in [5.74, 6) is 0.116. The molecule has 0 aliphatic rings.